The minimum Gasteiger partial charge on any atom is -0.470 e. The summed E-state index contributed by atoms with van der Waals surface area (Å²) in [4.78, 5) is 39.5. The molecule has 0 radical (unpaired) electrons. The molecule has 0 spiro atoms. The van der Waals surface area contributed by atoms with Crippen LogP contribution in [0.4, 0.5) is 11.6 Å². The lowest BCUT2D eigenvalue weighted by molar-refractivity contribution is -0.137. The quantitative estimate of drug-likeness (QED) is 0.445. The van der Waals surface area contributed by atoms with Gasteiger partial charge >= 0.3 is 5.97 Å². The molecular weight excluding hydrogens is 484 g/mol. The van der Waals surface area contributed by atoms with Gasteiger partial charge in [-0.05, 0) is 49.4 Å². The minimum atomic E-state index is -0.602. The van der Waals surface area contributed by atoms with Gasteiger partial charge in [-0.2, -0.15) is 0 Å². The fraction of sp³-hybridized carbons (Fsp3) is 0.464. The van der Waals surface area contributed by atoms with Crippen LogP contribution in [0.3, 0.4) is 0 Å². The molecule has 5 rings (SSSR count). The number of rotatable bonds is 7. The molecule has 1 saturated heterocycles. The van der Waals surface area contributed by atoms with E-state index in [-0.39, 0.29) is 30.0 Å². The van der Waals surface area contributed by atoms with Crippen molar-refractivity contribution in [1.82, 2.24) is 19.9 Å². The minimum absolute atomic E-state index is 0.0242. The van der Waals surface area contributed by atoms with Crippen LogP contribution in [0.2, 0.25) is 0 Å². The molecule has 2 aliphatic rings. The number of esters is 1. The van der Waals surface area contributed by atoms with Crippen LogP contribution in [-0.2, 0) is 15.1 Å². The molecule has 1 fully saturated rings. The van der Waals surface area contributed by atoms with Crippen molar-refractivity contribution in [2.24, 2.45) is 5.73 Å². The second-order valence-corrected chi connectivity index (χ2v) is 10.6. The lowest BCUT2D eigenvalue weighted by Crippen LogP contribution is -2.55. The summed E-state index contributed by atoms with van der Waals surface area (Å²) in [6.07, 6.45) is 4.85. The van der Waals surface area contributed by atoms with Gasteiger partial charge in [0, 0.05) is 30.8 Å². The van der Waals surface area contributed by atoms with Crippen LogP contribution < -0.4 is 15.8 Å². The smallest absolute Gasteiger partial charge is 0.340 e. The maximum absolute atomic E-state index is 12.3. The van der Waals surface area contributed by atoms with Gasteiger partial charge < -0.3 is 25.4 Å². The average molecular weight is 519 g/mol. The maximum atomic E-state index is 12.3. The first-order chi connectivity index (χ1) is 18.1. The van der Waals surface area contributed by atoms with Crippen molar-refractivity contribution in [2.75, 3.05) is 18.4 Å². The summed E-state index contributed by atoms with van der Waals surface area (Å²) in [6.45, 7) is 10.6. The van der Waals surface area contributed by atoms with E-state index in [0.717, 1.165) is 29.2 Å². The Bertz CT molecular complexity index is 1400. The highest BCUT2D eigenvalue weighted by molar-refractivity contribution is 5.93. The molecule has 3 aromatic heterocycles. The number of carbonyl (C=O) groups excluding carboxylic acids is 2. The van der Waals surface area contributed by atoms with E-state index in [9.17, 15) is 9.59 Å². The topological polar surface area (TPSA) is 133 Å². The first-order valence-corrected chi connectivity index (χ1v) is 13.1. The number of likely N-dealkylation sites (tertiary alicyclic amines) is 1. The highest BCUT2D eigenvalue weighted by Crippen LogP contribution is 2.36. The third-order valence-corrected chi connectivity index (χ3v) is 7.52. The Morgan fingerprint density at radius 3 is 2.68 bits per heavy atom. The van der Waals surface area contributed by atoms with Crippen molar-refractivity contribution in [3.8, 4) is 5.88 Å². The molecule has 0 unspecified atom stereocenters. The van der Waals surface area contributed by atoms with Crippen LogP contribution in [-0.4, -0.2) is 57.0 Å². The number of nitrogens with zero attached hydrogens (tertiary/aromatic N) is 4. The summed E-state index contributed by atoms with van der Waals surface area (Å²) in [7, 11) is 0. The Morgan fingerprint density at radius 2 is 1.97 bits per heavy atom. The van der Waals surface area contributed by atoms with E-state index < -0.39 is 5.54 Å². The van der Waals surface area contributed by atoms with Gasteiger partial charge in [0.25, 0.3) is 0 Å². The summed E-state index contributed by atoms with van der Waals surface area (Å²) in [5, 5.41) is 4.93. The molecule has 3 N–H and O–H groups in total. The number of amides is 1. The molecule has 0 saturated carbocycles. The summed E-state index contributed by atoms with van der Waals surface area (Å²) >= 11 is 0. The summed E-state index contributed by atoms with van der Waals surface area (Å²) in [6, 6.07) is 5.42. The predicted molar refractivity (Wildman–Crippen MR) is 143 cm³/mol. The monoisotopic (exact) mass is 518 g/mol. The number of hydrogen-bond acceptors (Lipinski definition) is 9. The van der Waals surface area contributed by atoms with E-state index in [1.54, 1.807) is 36.4 Å². The van der Waals surface area contributed by atoms with E-state index in [4.69, 9.17) is 20.2 Å². The van der Waals surface area contributed by atoms with Crippen LogP contribution in [0, 0.1) is 0 Å². The fourth-order valence-corrected chi connectivity index (χ4v) is 5.06. The average Bonchev–Trinajstić information content (AvgIpc) is 2.84. The van der Waals surface area contributed by atoms with Crippen molar-refractivity contribution < 1.29 is 19.1 Å². The largest absolute Gasteiger partial charge is 0.470 e. The second kappa shape index (κ2) is 9.83. The normalized spacial score (nSPS) is 20.8. The molecule has 0 bridgehead atoms. The number of cyclic esters (lactones) is 1. The number of hydrogen-bond donors (Lipinski definition) is 2. The number of anilines is 2. The number of fused-ring (bicyclic) bond motifs is 2. The Morgan fingerprint density at radius 1 is 1.21 bits per heavy atom. The van der Waals surface area contributed by atoms with Crippen LogP contribution >= 0.6 is 0 Å². The Kier molecular flexibility index (Phi) is 6.68. The molecule has 38 heavy (non-hydrogen) atoms. The predicted octanol–water partition coefficient (Wildman–Crippen LogP) is 4.01. The maximum Gasteiger partial charge on any atom is 0.340 e. The van der Waals surface area contributed by atoms with Crippen LogP contribution in [0.5, 0.6) is 5.88 Å². The molecule has 0 aromatic carbocycles. The first kappa shape index (κ1) is 25.8. The van der Waals surface area contributed by atoms with Gasteiger partial charge in [-0.1, -0.05) is 20.3 Å². The fourth-order valence-electron chi connectivity index (χ4n) is 5.06. The van der Waals surface area contributed by atoms with Gasteiger partial charge in [0.2, 0.25) is 11.8 Å². The van der Waals surface area contributed by atoms with E-state index in [1.807, 2.05) is 26.8 Å². The standard InChI is InChI=1S/C28H34N6O4/c1-6-9-28(5,29)22-12-31-26(38-18-13-34(14-18)17(4)35)21-11-30-24(10-20(21)22)32-23-8-7-19-25(33-23)15(2)16(3)37-27(19)36/h7-8,10-12,15-16,18H,6,9,13-14,29H2,1-5H3,(H,30,32,33)/t15-,16-,28+/m0/s1. The molecule has 0 aliphatic carbocycles. The number of carbonyl (C=O) groups is 2. The Hall–Kier alpha value is -3.79. The Balaban J connectivity index is 1.49. The van der Waals surface area contributed by atoms with E-state index in [0.29, 0.717) is 41.9 Å². The van der Waals surface area contributed by atoms with Gasteiger partial charge in [0.05, 0.1) is 29.7 Å². The highest BCUT2D eigenvalue weighted by Gasteiger charge is 2.33. The lowest BCUT2D eigenvalue weighted by atomic mass is 9.87. The van der Waals surface area contributed by atoms with Crippen molar-refractivity contribution in [3.05, 3.63) is 47.4 Å². The van der Waals surface area contributed by atoms with Gasteiger partial charge in [-0.15, -0.1) is 0 Å². The third kappa shape index (κ3) is 4.76. The van der Waals surface area contributed by atoms with E-state index in [1.165, 1.54) is 0 Å². The van der Waals surface area contributed by atoms with Gasteiger partial charge in [-0.25, -0.2) is 19.7 Å². The van der Waals surface area contributed by atoms with Crippen molar-refractivity contribution in [3.63, 3.8) is 0 Å². The van der Waals surface area contributed by atoms with Crippen molar-refractivity contribution in [1.29, 1.82) is 0 Å². The van der Waals surface area contributed by atoms with Gasteiger partial charge in [0.15, 0.2) is 0 Å². The number of nitrogens with one attached hydrogen (secondary N) is 1. The molecule has 5 heterocycles. The number of ether oxygens (including phenoxy) is 2. The zero-order valence-corrected chi connectivity index (χ0v) is 22.4. The van der Waals surface area contributed by atoms with Crippen molar-refractivity contribution in [2.45, 2.75) is 71.1 Å². The molecule has 3 aromatic rings. The highest BCUT2D eigenvalue weighted by atomic mass is 16.5. The van der Waals surface area contributed by atoms with Crippen molar-refractivity contribution >= 4 is 34.3 Å². The second-order valence-electron chi connectivity index (χ2n) is 10.6. The van der Waals surface area contributed by atoms with E-state index in [2.05, 4.69) is 22.2 Å². The molecular formula is C28H34N6O4. The number of aromatic nitrogens is 3. The molecule has 2 aliphatic heterocycles. The SMILES string of the molecule is CCC[C@@](C)(N)c1cnc(OC2CN(C(C)=O)C2)c2cnc(Nc3ccc4c(n3)[C@@H](C)[C@H](C)OC4=O)cc12. The summed E-state index contributed by atoms with van der Waals surface area (Å²) in [5.41, 5.74) is 8.24. The first-order valence-electron chi connectivity index (χ1n) is 13.1. The molecule has 10 heteroatoms. The summed E-state index contributed by atoms with van der Waals surface area (Å²) in [5.74, 6) is 1.29. The van der Waals surface area contributed by atoms with Gasteiger partial charge in [-0.3, -0.25) is 4.79 Å². The van der Waals surface area contributed by atoms with Crippen LogP contribution in [0.25, 0.3) is 10.8 Å². The van der Waals surface area contributed by atoms with E-state index >= 15 is 0 Å². The molecule has 10 nitrogen and oxygen atoms in total. The van der Waals surface area contributed by atoms with Gasteiger partial charge in [0.1, 0.15) is 23.8 Å². The Labute approximate surface area is 221 Å². The zero-order valence-electron chi connectivity index (χ0n) is 22.4. The number of nitrogens with two attached hydrogens (primary N) is 1. The molecule has 200 valence electrons. The molecule has 3 atom stereocenters. The van der Waals surface area contributed by atoms with Crippen LogP contribution in [0.1, 0.15) is 75.0 Å². The molecule has 1 amide bonds. The third-order valence-electron chi connectivity index (χ3n) is 7.52. The lowest BCUT2D eigenvalue weighted by Gasteiger charge is -2.38. The number of pyridine rings is 3. The van der Waals surface area contributed by atoms with Crippen LogP contribution in [0.15, 0.2) is 30.6 Å². The summed E-state index contributed by atoms with van der Waals surface area (Å²) < 4.78 is 11.6. The zero-order chi connectivity index (χ0) is 27.2.